The Morgan fingerprint density at radius 3 is 1.30 bits per heavy atom. The second kappa shape index (κ2) is 2.22. The first-order valence-corrected chi connectivity index (χ1v) is 1.84. The molecule has 0 aromatic carbocycles. The van der Waals surface area contributed by atoms with Crippen molar-refractivity contribution in [2.45, 2.75) is 12.0 Å². The molecule has 1 nitrogen and oxygen atoms in total. The van der Waals surface area contributed by atoms with Crippen LogP contribution in [0.3, 0.4) is 0 Å². The smallest absolute Gasteiger partial charge is 0.538 e. The third kappa shape index (κ3) is 1.47. The highest BCUT2D eigenvalue weighted by Crippen LogP contribution is 2.37. The summed E-state index contributed by atoms with van der Waals surface area (Å²) in [4.78, 5) is 0. The summed E-state index contributed by atoms with van der Waals surface area (Å²) in [5, 5.41) is 9.25. The van der Waals surface area contributed by atoms with E-state index >= 15 is 0 Å². The summed E-state index contributed by atoms with van der Waals surface area (Å²) in [5.74, 6) is -5.73. The molecular weight excluding hydrogens is 166 g/mol. The maximum absolute atomic E-state index is 11.3. The fourth-order valence-electron chi connectivity index (χ4n) is 0.107. The predicted molar refractivity (Wildman–Crippen MR) is 15.4 cm³/mol. The van der Waals surface area contributed by atoms with Crippen molar-refractivity contribution >= 4 is 0 Å². The minimum atomic E-state index is -6.09. The van der Waals surface area contributed by atoms with Crippen LogP contribution in [0, 0.1) is 6.43 Å². The topological polar surface area (TPSA) is 23.1 Å². The van der Waals surface area contributed by atoms with E-state index < -0.39 is 18.5 Å². The molecule has 0 aliphatic carbocycles. The third-order valence-electron chi connectivity index (χ3n) is 0.608. The van der Waals surface area contributed by atoms with Crippen LogP contribution >= 0.6 is 0 Å². The molecule has 60 valence electrons. The Balaban J connectivity index is 4.40. The van der Waals surface area contributed by atoms with E-state index in [9.17, 15) is 31.4 Å². The van der Waals surface area contributed by atoms with E-state index in [0.717, 1.165) is 0 Å². The molecule has 0 radical (unpaired) electrons. The first-order valence-electron chi connectivity index (χ1n) is 1.84. The van der Waals surface area contributed by atoms with Gasteiger partial charge >= 0.3 is 18.5 Å². The SMILES string of the molecule is [O-]C(F)([C+](F)F)C(F)(F)F. The van der Waals surface area contributed by atoms with Crippen molar-refractivity contribution in [2.75, 3.05) is 0 Å². The monoisotopic (exact) mass is 166 g/mol. The molecule has 0 heterocycles. The molecule has 0 aromatic heterocycles. The third-order valence-corrected chi connectivity index (χ3v) is 0.608. The van der Waals surface area contributed by atoms with Crippen LogP contribution in [0.2, 0.25) is 0 Å². The van der Waals surface area contributed by atoms with E-state index in [1.54, 1.807) is 0 Å². The molecule has 7 heteroatoms. The molecule has 10 heavy (non-hydrogen) atoms. The van der Waals surface area contributed by atoms with E-state index in [4.69, 9.17) is 0 Å². The Bertz CT molecular complexity index is 115. The van der Waals surface area contributed by atoms with Gasteiger partial charge in [-0.2, -0.15) is 17.6 Å². The fraction of sp³-hybridized carbons (Fsp3) is 0.667. The highest BCUT2D eigenvalue weighted by Gasteiger charge is 2.65. The van der Waals surface area contributed by atoms with E-state index in [0.29, 0.717) is 0 Å². The van der Waals surface area contributed by atoms with Gasteiger partial charge in [-0.25, -0.2) is 0 Å². The highest BCUT2D eigenvalue weighted by molar-refractivity contribution is 4.87. The summed E-state index contributed by atoms with van der Waals surface area (Å²) in [5.41, 5.74) is 0. The average Bonchev–Trinajstić information content (AvgIpc) is 1.62. The molecule has 0 saturated heterocycles. The maximum Gasteiger partial charge on any atom is 0.538 e. The summed E-state index contributed by atoms with van der Waals surface area (Å²) in [6.45, 7) is 0. The Morgan fingerprint density at radius 2 is 1.30 bits per heavy atom. The Hall–Kier alpha value is -0.590. The van der Waals surface area contributed by atoms with Gasteiger partial charge in [0.15, 0.2) is 0 Å². The van der Waals surface area contributed by atoms with Crippen molar-refractivity contribution in [1.29, 1.82) is 0 Å². The lowest BCUT2D eigenvalue weighted by Gasteiger charge is -2.20. The maximum atomic E-state index is 11.3. The van der Waals surface area contributed by atoms with Gasteiger partial charge in [-0.15, -0.1) is 0 Å². The minimum Gasteiger partial charge on any atom is -0.773 e. The molecule has 0 spiro atoms. The first-order chi connectivity index (χ1) is 4.19. The zero-order chi connectivity index (χ0) is 8.58. The summed E-state index contributed by atoms with van der Waals surface area (Å²) < 4.78 is 65.6. The molecular formula is C3F6O. The van der Waals surface area contributed by atoms with Gasteiger partial charge in [-0.3, -0.25) is 0 Å². The molecule has 1 unspecified atom stereocenters. The lowest BCUT2D eigenvalue weighted by atomic mass is 10.3. The number of halogens is 6. The van der Waals surface area contributed by atoms with E-state index in [-0.39, 0.29) is 0 Å². The predicted octanol–water partition coefficient (Wildman–Crippen LogP) is 1.00. The molecule has 1 atom stereocenters. The van der Waals surface area contributed by atoms with Crippen LogP contribution in [0.1, 0.15) is 0 Å². The van der Waals surface area contributed by atoms with Crippen molar-refractivity contribution in [1.82, 2.24) is 0 Å². The molecule has 0 amide bonds. The van der Waals surface area contributed by atoms with Gasteiger partial charge < -0.3 is 5.11 Å². The number of rotatable bonds is 1. The molecule has 0 aromatic rings. The number of hydrogen-bond donors (Lipinski definition) is 0. The zero-order valence-electron chi connectivity index (χ0n) is 4.18. The van der Waals surface area contributed by atoms with Crippen LogP contribution < -0.4 is 5.11 Å². The number of hydrogen-bond acceptors (Lipinski definition) is 1. The fourth-order valence-corrected chi connectivity index (χ4v) is 0.107. The van der Waals surface area contributed by atoms with Crippen LogP contribution in [0.15, 0.2) is 0 Å². The van der Waals surface area contributed by atoms with Gasteiger partial charge in [0.1, 0.15) is 0 Å². The summed E-state index contributed by atoms with van der Waals surface area (Å²) >= 11 is 0. The standard InChI is InChI=1S/C3F6O/c4-1(5)2(6,10)3(7,8)9. The molecule has 0 rings (SSSR count). The van der Waals surface area contributed by atoms with Crippen LogP contribution in [0.25, 0.3) is 0 Å². The van der Waals surface area contributed by atoms with E-state index in [1.165, 1.54) is 0 Å². The summed E-state index contributed by atoms with van der Waals surface area (Å²) in [6.07, 6.45) is -9.92. The zero-order valence-corrected chi connectivity index (χ0v) is 4.18. The largest absolute Gasteiger partial charge is 0.773 e. The van der Waals surface area contributed by atoms with Gasteiger partial charge in [0.25, 0.3) is 0 Å². The van der Waals surface area contributed by atoms with Crippen molar-refractivity contribution in [3.63, 3.8) is 0 Å². The van der Waals surface area contributed by atoms with Crippen LogP contribution in [0.4, 0.5) is 26.3 Å². The molecule has 0 fully saturated rings. The molecule has 0 N–H and O–H groups in total. The van der Waals surface area contributed by atoms with Crippen LogP contribution in [-0.2, 0) is 0 Å². The van der Waals surface area contributed by atoms with Crippen LogP contribution in [-0.4, -0.2) is 12.0 Å². The summed E-state index contributed by atoms with van der Waals surface area (Å²) in [6, 6.07) is 0. The van der Waals surface area contributed by atoms with Crippen LogP contribution in [0.5, 0.6) is 0 Å². The second-order valence-electron chi connectivity index (χ2n) is 1.35. The van der Waals surface area contributed by atoms with Gasteiger partial charge in [0.05, 0.1) is 0 Å². The molecule has 0 aliphatic heterocycles. The van der Waals surface area contributed by atoms with E-state index in [2.05, 4.69) is 0 Å². The Morgan fingerprint density at radius 1 is 1.00 bits per heavy atom. The number of alkyl halides is 4. The lowest BCUT2D eigenvalue weighted by Crippen LogP contribution is -2.54. The van der Waals surface area contributed by atoms with Gasteiger partial charge in [0.2, 0.25) is 0 Å². The average molecular weight is 166 g/mol. The first kappa shape index (κ1) is 9.41. The normalized spacial score (nSPS) is 18.3. The molecule has 0 aliphatic rings. The lowest BCUT2D eigenvalue weighted by molar-refractivity contribution is -0.586. The summed E-state index contributed by atoms with van der Waals surface area (Å²) in [7, 11) is 0. The van der Waals surface area contributed by atoms with Crippen molar-refractivity contribution < 1.29 is 31.4 Å². The van der Waals surface area contributed by atoms with Gasteiger partial charge in [-0.05, 0) is 0 Å². The van der Waals surface area contributed by atoms with Gasteiger partial charge in [-0.1, -0.05) is 0 Å². The minimum absolute atomic E-state index is 3.83. The quantitative estimate of drug-likeness (QED) is 0.421. The van der Waals surface area contributed by atoms with E-state index in [1.807, 2.05) is 0 Å². The van der Waals surface area contributed by atoms with Crippen molar-refractivity contribution in [2.24, 2.45) is 0 Å². The molecule has 0 bridgehead atoms. The Labute approximate surface area is 51.3 Å². The highest BCUT2D eigenvalue weighted by atomic mass is 19.4. The second-order valence-corrected chi connectivity index (χ2v) is 1.35. The van der Waals surface area contributed by atoms with Crippen molar-refractivity contribution in [3.8, 4) is 0 Å². The van der Waals surface area contributed by atoms with Gasteiger partial charge in [0, 0.05) is 8.78 Å². The Kier molecular flexibility index (Phi) is 2.09. The molecule has 0 saturated carbocycles. The van der Waals surface area contributed by atoms with Crippen molar-refractivity contribution in [3.05, 3.63) is 6.43 Å².